The van der Waals surface area contributed by atoms with E-state index < -0.39 is 11.6 Å². The molecule has 0 N–H and O–H groups in total. The van der Waals surface area contributed by atoms with Crippen LogP contribution in [-0.2, 0) is 9.53 Å². The van der Waals surface area contributed by atoms with Crippen LogP contribution in [0.25, 0.3) is 0 Å². The molecule has 2 aromatic rings. The van der Waals surface area contributed by atoms with Crippen LogP contribution in [0.1, 0.15) is 17.5 Å². The maximum absolute atomic E-state index is 12.3. The summed E-state index contributed by atoms with van der Waals surface area (Å²) in [6, 6.07) is 19.5. The topological polar surface area (TPSA) is 63.4 Å². The molecule has 0 fully saturated rings. The predicted octanol–water partition coefficient (Wildman–Crippen LogP) is 3.25. The highest BCUT2D eigenvalue weighted by atomic mass is 16.5. The molecular formula is C18H17N3O2. The Balaban J connectivity index is 2.15. The molecule has 1 aliphatic heterocycles. The van der Waals surface area contributed by atoms with Crippen LogP contribution in [0.2, 0.25) is 0 Å². The highest BCUT2D eigenvalue weighted by Crippen LogP contribution is 2.28. The molecular weight excluding hydrogens is 290 g/mol. The van der Waals surface area contributed by atoms with Crippen molar-refractivity contribution >= 4 is 11.7 Å². The second-order valence-corrected chi connectivity index (χ2v) is 5.22. The van der Waals surface area contributed by atoms with E-state index in [-0.39, 0.29) is 0 Å². The van der Waals surface area contributed by atoms with E-state index in [2.05, 4.69) is 10.2 Å². The van der Waals surface area contributed by atoms with Crippen molar-refractivity contribution in [3.05, 3.63) is 71.8 Å². The summed E-state index contributed by atoms with van der Waals surface area (Å²) in [5.74, 6) is -0.483. The summed E-state index contributed by atoms with van der Waals surface area (Å²) in [6.07, 6.45) is 0.419. The molecule has 0 saturated carbocycles. The largest absolute Gasteiger partial charge is 0.466 e. The minimum Gasteiger partial charge on any atom is -0.466 e. The van der Waals surface area contributed by atoms with E-state index in [9.17, 15) is 4.79 Å². The van der Waals surface area contributed by atoms with Gasteiger partial charge in [0.1, 0.15) is 0 Å². The van der Waals surface area contributed by atoms with Crippen molar-refractivity contribution in [3.8, 4) is 0 Å². The molecule has 0 spiro atoms. The third-order valence-electron chi connectivity index (χ3n) is 3.70. The van der Waals surface area contributed by atoms with Gasteiger partial charge in [-0.15, -0.1) is 0 Å². The quantitative estimate of drug-likeness (QED) is 0.643. The number of nitrogens with zero attached hydrogens (tertiary/aromatic N) is 3. The first-order valence-electron chi connectivity index (χ1n) is 7.43. The fraction of sp³-hybridized carbons (Fsp3) is 0.222. The molecule has 1 aliphatic rings. The number of azo groups is 1. The van der Waals surface area contributed by atoms with Gasteiger partial charge in [-0.25, -0.2) is 9.79 Å². The Kier molecular flexibility index (Phi) is 4.28. The zero-order chi connectivity index (χ0) is 16.1. The van der Waals surface area contributed by atoms with Gasteiger partial charge in [0.05, 0.1) is 19.4 Å². The maximum Gasteiger partial charge on any atom is 0.358 e. The van der Waals surface area contributed by atoms with Gasteiger partial charge >= 0.3 is 5.97 Å². The summed E-state index contributed by atoms with van der Waals surface area (Å²) in [6.45, 7) is 0.468. The number of hydrogen-bond acceptors (Lipinski definition) is 5. The standard InChI is InChI=1S/C18H17N3O2/c1-23-17(22)18(12-13-19-21-18)20-16(14-8-4-2-5-9-14)15-10-6-3-7-11-15/h2-11H,12-13H2,1H3. The van der Waals surface area contributed by atoms with Gasteiger partial charge < -0.3 is 4.74 Å². The minimum absolute atomic E-state index is 0.419. The van der Waals surface area contributed by atoms with Gasteiger partial charge in [-0.3, -0.25) is 0 Å². The third-order valence-corrected chi connectivity index (χ3v) is 3.70. The van der Waals surface area contributed by atoms with Crippen LogP contribution in [-0.4, -0.2) is 31.0 Å². The zero-order valence-corrected chi connectivity index (χ0v) is 12.8. The predicted molar refractivity (Wildman–Crippen MR) is 87.6 cm³/mol. The lowest BCUT2D eigenvalue weighted by Gasteiger charge is -2.19. The Labute approximate surface area is 134 Å². The van der Waals surface area contributed by atoms with Gasteiger partial charge in [0.25, 0.3) is 5.66 Å². The second-order valence-electron chi connectivity index (χ2n) is 5.22. The summed E-state index contributed by atoms with van der Waals surface area (Å²) in [5, 5.41) is 8.06. The monoisotopic (exact) mass is 307 g/mol. The number of aliphatic imine (C=N–C) groups is 1. The Bertz CT molecular complexity index is 700. The fourth-order valence-corrected chi connectivity index (χ4v) is 2.53. The number of rotatable bonds is 4. The lowest BCUT2D eigenvalue weighted by Crippen LogP contribution is -2.35. The highest BCUT2D eigenvalue weighted by molar-refractivity contribution is 6.13. The molecule has 5 nitrogen and oxygen atoms in total. The van der Waals surface area contributed by atoms with Crippen LogP contribution < -0.4 is 0 Å². The molecule has 1 atom stereocenters. The number of esters is 1. The summed E-state index contributed by atoms with van der Waals surface area (Å²) >= 11 is 0. The Hall–Kier alpha value is -2.82. The number of ether oxygens (including phenoxy) is 1. The molecule has 0 aromatic heterocycles. The number of methoxy groups -OCH3 is 1. The number of hydrogen-bond donors (Lipinski definition) is 0. The smallest absolute Gasteiger partial charge is 0.358 e. The van der Waals surface area contributed by atoms with Gasteiger partial charge in [0.15, 0.2) is 0 Å². The Morgan fingerprint density at radius 3 is 2.04 bits per heavy atom. The Morgan fingerprint density at radius 1 is 1.04 bits per heavy atom. The van der Waals surface area contributed by atoms with Crippen molar-refractivity contribution in [3.63, 3.8) is 0 Å². The fourth-order valence-electron chi connectivity index (χ4n) is 2.53. The van der Waals surface area contributed by atoms with E-state index in [1.54, 1.807) is 0 Å². The number of benzene rings is 2. The van der Waals surface area contributed by atoms with E-state index in [0.29, 0.717) is 18.7 Å². The first-order chi connectivity index (χ1) is 11.2. The number of carbonyl (C=O) groups excluding carboxylic acids is 1. The molecule has 1 unspecified atom stereocenters. The summed E-state index contributed by atoms with van der Waals surface area (Å²) in [7, 11) is 1.35. The van der Waals surface area contributed by atoms with Crippen molar-refractivity contribution in [2.24, 2.45) is 15.2 Å². The van der Waals surface area contributed by atoms with Gasteiger partial charge in [-0.05, 0) is 0 Å². The van der Waals surface area contributed by atoms with Crippen LogP contribution in [0.5, 0.6) is 0 Å². The molecule has 0 aliphatic carbocycles. The second kappa shape index (κ2) is 6.52. The normalized spacial score (nSPS) is 19.3. The van der Waals surface area contributed by atoms with Crippen molar-refractivity contribution in [1.29, 1.82) is 0 Å². The van der Waals surface area contributed by atoms with Crippen LogP contribution >= 0.6 is 0 Å². The van der Waals surface area contributed by atoms with Crippen LogP contribution in [0.3, 0.4) is 0 Å². The third kappa shape index (κ3) is 3.04. The molecule has 5 heteroatoms. The first-order valence-corrected chi connectivity index (χ1v) is 7.43. The number of carbonyl (C=O) groups is 1. The van der Waals surface area contributed by atoms with Gasteiger partial charge in [0, 0.05) is 17.5 Å². The zero-order valence-electron chi connectivity index (χ0n) is 12.8. The minimum atomic E-state index is -1.28. The van der Waals surface area contributed by atoms with Crippen molar-refractivity contribution in [1.82, 2.24) is 0 Å². The van der Waals surface area contributed by atoms with Gasteiger partial charge in [-0.2, -0.15) is 10.2 Å². The molecule has 0 radical (unpaired) electrons. The van der Waals surface area contributed by atoms with Crippen molar-refractivity contribution in [2.75, 3.05) is 13.7 Å². The van der Waals surface area contributed by atoms with Crippen molar-refractivity contribution in [2.45, 2.75) is 12.1 Å². The van der Waals surface area contributed by atoms with Crippen LogP contribution in [0, 0.1) is 0 Å². The van der Waals surface area contributed by atoms with E-state index in [1.165, 1.54) is 7.11 Å². The Morgan fingerprint density at radius 2 is 1.61 bits per heavy atom. The average Bonchev–Trinajstić information content (AvgIpc) is 3.10. The molecule has 116 valence electrons. The van der Waals surface area contributed by atoms with Gasteiger partial charge in [-0.1, -0.05) is 60.7 Å². The molecule has 1 heterocycles. The lowest BCUT2D eigenvalue weighted by atomic mass is 10.0. The molecule has 3 rings (SSSR count). The SMILES string of the molecule is COC(=O)C1(N=C(c2ccccc2)c2ccccc2)CCN=N1. The summed E-state index contributed by atoms with van der Waals surface area (Å²) in [5.41, 5.74) is 1.26. The van der Waals surface area contributed by atoms with Crippen LogP contribution in [0.15, 0.2) is 75.9 Å². The highest BCUT2D eigenvalue weighted by Gasteiger charge is 2.43. The van der Waals surface area contributed by atoms with Crippen LogP contribution in [0.4, 0.5) is 0 Å². The van der Waals surface area contributed by atoms with Crippen molar-refractivity contribution < 1.29 is 9.53 Å². The van der Waals surface area contributed by atoms with E-state index in [0.717, 1.165) is 11.1 Å². The van der Waals surface area contributed by atoms with E-state index >= 15 is 0 Å². The summed E-state index contributed by atoms with van der Waals surface area (Å²) in [4.78, 5) is 17.0. The average molecular weight is 307 g/mol. The molecule has 0 amide bonds. The summed E-state index contributed by atoms with van der Waals surface area (Å²) < 4.78 is 4.91. The first kappa shape index (κ1) is 15.1. The molecule has 2 aromatic carbocycles. The maximum atomic E-state index is 12.3. The molecule has 23 heavy (non-hydrogen) atoms. The lowest BCUT2D eigenvalue weighted by molar-refractivity contribution is -0.146. The van der Waals surface area contributed by atoms with Gasteiger partial charge in [0.2, 0.25) is 0 Å². The molecule has 0 bridgehead atoms. The van der Waals surface area contributed by atoms with E-state index in [1.807, 2.05) is 60.7 Å². The molecule has 0 saturated heterocycles. The van der Waals surface area contributed by atoms with E-state index in [4.69, 9.17) is 9.73 Å².